The van der Waals surface area contributed by atoms with E-state index in [-0.39, 0.29) is 0 Å². The van der Waals surface area contributed by atoms with Crippen molar-refractivity contribution in [2.75, 3.05) is 6.54 Å². The van der Waals surface area contributed by atoms with Gasteiger partial charge in [0.2, 0.25) is 0 Å². The normalized spacial score (nSPS) is 9.00. The molecule has 0 heterocycles. The Morgan fingerprint density at radius 2 is 2.00 bits per heavy atom. The van der Waals surface area contributed by atoms with Crippen LogP contribution in [-0.4, -0.2) is 17.3 Å². The second kappa shape index (κ2) is 5.52. The minimum absolute atomic E-state index is 0.872. The van der Waals surface area contributed by atoms with Crippen molar-refractivity contribution in [2.45, 2.75) is 32.8 Å². The van der Waals surface area contributed by atoms with Crippen LogP contribution in [0.5, 0.6) is 0 Å². The van der Waals surface area contributed by atoms with E-state index in [1.54, 1.807) is 13.8 Å². The van der Waals surface area contributed by atoms with E-state index >= 15 is 0 Å². The van der Waals surface area contributed by atoms with Crippen molar-refractivity contribution in [3.63, 3.8) is 0 Å². The summed E-state index contributed by atoms with van der Waals surface area (Å²) in [5.41, 5.74) is -0.945. The number of nitrogens with one attached hydrogen (secondary N) is 1. The van der Waals surface area contributed by atoms with Gasteiger partial charge in [0, 0.05) is 18.5 Å². The van der Waals surface area contributed by atoms with E-state index in [0.29, 0.717) is 0 Å². The molecule has 2 nitrogen and oxygen atoms in total. The van der Waals surface area contributed by atoms with Crippen molar-refractivity contribution in [1.29, 1.82) is 0 Å². The summed E-state index contributed by atoms with van der Waals surface area (Å²) in [7, 11) is 0. The molecule has 66 valence electrons. The van der Waals surface area contributed by atoms with Crippen molar-refractivity contribution >= 4 is 0 Å². The summed E-state index contributed by atoms with van der Waals surface area (Å²) >= 11 is 0. The van der Waals surface area contributed by atoms with E-state index in [1.165, 1.54) is 0 Å². The Morgan fingerprint density at radius 3 is 2.50 bits per heavy atom. The highest BCUT2D eigenvalue weighted by molar-refractivity contribution is 5.28. The maximum absolute atomic E-state index is 9.16. The maximum atomic E-state index is 9.16. The second-order valence-corrected chi connectivity index (χ2v) is 2.99. The summed E-state index contributed by atoms with van der Waals surface area (Å²) in [6.45, 7) is 6.19. The molecule has 0 radical (unpaired) electrons. The van der Waals surface area contributed by atoms with E-state index in [0.717, 1.165) is 13.0 Å². The summed E-state index contributed by atoms with van der Waals surface area (Å²) in [6.07, 6.45) is 1.05. The molecule has 0 aliphatic rings. The third-order valence-electron chi connectivity index (χ3n) is 0.957. The van der Waals surface area contributed by atoms with Gasteiger partial charge >= 0.3 is 0 Å². The van der Waals surface area contributed by atoms with Gasteiger partial charge in [0.15, 0.2) is 0 Å². The van der Waals surface area contributed by atoms with E-state index < -0.39 is 5.60 Å². The molecule has 12 heavy (non-hydrogen) atoms. The first-order chi connectivity index (χ1) is 5.56. The minimum Gasteiger partial charge on any atom is -0.378 e. The fourth-order valence-electron chi connectivity index (χ4n) is 0.447. The molecule has 0 aliphatic carbocycles. The van der Waals surface area contributed by atoms with Crippen LogP contribution in [-0.2, 0) is 0 Å². The Bertz CT molecular complexity index is 229. The molecule has 2 heteroatoms. The highest BCUT2D eigenvalue weighted by Gasteiger charge is 2.04. The van der Waals surface area contributed by atoms with E-state index in [4.69, 9.17) is 5.11 Å². The number of aliphatic hydroxyl groups is 1. The molecule has 0 saturated carbocycles. The van der Waals surface area contributed by atoms with Crippen molar-refractivity contribution in [1.82, 2.24) is 5.32 Å². The first kappa shape index (κ1) is 10.9. The van der Waals surface area contributed by atoms with Crippen LogP contribution >= 0.6 is 0 Å². The Balaban J connectivity index is 3.74. The summed E-state index contributed by atoms with van der Waals surface area (Å²) in [5.74, 6) is 7.75. The van der Waals surface area contributed by atoms with Crippen molar-refractivity contribution < 1.29 is 5.11 Å². The van der Waals surface area contributed by atoms with Crippen LogP contribution in [0.2, 0.25) is 0 Å². The van der Waals surface area contributed by atoms with Gasteiger partial charge in [-0.2, -0.15) is 0 Å². The van der Waals surface area contributed by atoms with Crippen molar-refractivity contribution in [2.24, 2.45) is 0 Å². The fraction of sp³-hybridized carbons (Fsp3) is 0.600. The molecule has 0 bridgehead atoms. The zero-order chi connectivity index (χ0) is 9.45. The van der Waals surface area contributed by atoms with Gasteiger partial charge in [-0.05, 0) is 26.2 Å². The molecule has 2 N–H and O–H groups in total. The summed E-state index contributed by atoms with van der Waals surface area (Å²) in [6, 6.07) is 2.67. The molecule has 0 amide bonds. The molecular formula is C10H15NO. The SMILES string of the molecule is CCCNC#CC#CC(C)(C)O. The van der Waals surface area contributed by atoms with Crippen LogP contribution in [0.1, 0.15) is 27.2 Å². The average Bonchev–Trinajstić information content (AvgIpc) is 1.94. The predicted octanol–water partition coefficient (Wildman–Crippen LogP) is 0.721. The van der Waals surface area contributed by atoms with Gasteiger partial charge in [-0.1, -0.05) is 12.8 Å². The van der Waals surface area contributed by atoms with Gasteiger partial charge in [-0.15, -0.1) is 0 Å². The monoisotopic (exact) mass is 165 g/mol. The van der Waals surface area contributed by atoms with Gasteiger partial charge in [0.1, 0.15) is 5.60 Å². The van der Waals surface area contributed by atoms with Crippen LogP contribution in [0.15, 0.2) is 0 Å². The predicted molar refractivity (Wildman–Crippen MR) is 50.1 cm³/mol. The van der Waals surface area contributed by atoms with Crippen molar-refractivity contribution in [3.8, 4) is 23.8 Å². The minimum atomic E-state index is -0.945. The van der Waals surface area contributed by atoms with E-state index in [2.05, 4.69) is 36.0 Å². The smallest absolute Gasteiger partial charge is 0.120 e. The third kappa shape index (κ3) is 8.88. The van der Waals surface area contributed by atoms with Crippen LogP contribution in [0.25, 0.3) is 0 Å². The number of rotatable bonds is 2. The Morgan fingerprint density at radius 1 is 1.33 bits per heavy atom. The number of hydrogen-bond donors (Lipinski definition) is 2. The average molecular weight is 165 g/mol. The lowest BCUT2D eigenvalue weighted by molar-refractivity contribution is 0.143. The van der Waals surface area contributed by atoms with Crippen molar-refractivity contribution in [3.05, 3.63) is 0 Å². The molecule has 0 fully saturated rings. The van der Waals surface area contributed by atoms with Gasteiger partial charge < -0.3 is 10.4 Å². The van der Waals surface area contributed by atoms with Gasteiger partial charge in [0.05, 0.1) is 0 Å². The molecule has 0 atom stereocenters. The lowest BCUT2D eigenvalue weighted by atomic mass is 10.1. The number of hydrogen-bond acceptors (Lipinski definition) is 2. The highest BCUT2D eigenvalue weighted by atomic mass is 16.3. The van der Waals surface area contributed by atoms with Crippen LogP contribution in [0.3, 0.4) is 0 Å². The molecular weight excluding hydrogens is 150 g/mol. The molecule has 0 spiro atoms. The van der Waals surface area contributed by atoms with Crippen LogP contribution in [0, 0.1) is 23.8 Å². The summed E-state index contributed by atoms with van der Waals surface area (Å²) in [5, 5.41) is 12.0. The zero-order valence-corrected chi connectivity index (χ0v) is 7.86. The Labute approximate surface area is 74.4 Å². The fourth-order valence-corrected chi connectivity index (χ4v) is 0.447. The third-order valence-corrected chi connectivity index (χ3v) is 0.957. The summed E-state index contributed by atoms with van der Waals surface area (Å²) in [4.78, 5) is 0. The topological polar surface area (TPSA) is 32.3 Å². The molecule has 0 saturated heterocycles. The molecule has 0 aliphatic heterocycles. The van der Waals surface area contributed by atoms with Gasteiger partial charge in [0.25, 0.3) is 0 Å². The molecule has 0 rings (SSSR count). The molecule has 0 aromatic rings. The highest BCUT2D eigenvalue weighted by Crippen LogP contribution is 1.95. The van der Waals surface area contributed by atoms with Gasteiger partial charge in [-0.25, -0.2) is 0 Å². The zero-order valence-electron chi connectivity index (χ0n) is 7.86. The lowest BCUT2D eigenvalue weighted by Crippen LogP contribution is -2.14. The molecule has 0 aromatic heterocycles. The largest absolute Gasteiger partial charge is 0.378 e. The van der Waals surface area contributed by atoms with Gasteiger partial charge in [-0.3, -0.25) is 0 Å². The standard InChI is InChI=1S/C10H15NO/c1-4-8-11-9-6-5-7-10(2,3)12/h11-12H,4,8H2,1-3H3. The first-order valence-electron chi connectivity index (χ1n) is 4.03. The van der Waals surface area contributed by atoms with Crippen LogP contribution in [0.4, 0.5) is 0 Å². The quantitative estimate of drug-likeness (QED) is 0.359. The first-order valence-corrected chi connectivity index (χ1v) is 4.03. The molecule has 0 unspecified atom stereocenters. The Kier molecular flexibility index (Phi) is 5.00. The molecule has 0 aromatic carbocycles. The van der Waals surface area contributed by atoms with E-state index in [9.17, 15) is 0 Å². The lowest BCUT2D eigenvalue weighted by Gasteiger charge is -2.04. The summed E-state index contributed by atoms with van der Waals surface area (Å²) < 4.78 is 0. The maximum Gasteiger partial charge on any atom is 0.120 e. The second-order valence-electron chi connectivity index (χ2n) is 2.99. The van der Waals surface area contributed by atoms with Crippen LogP contribution < -0.4 is 5.32 Å². The van der Waals surface area contributed by atoms with E-state index in [1.807, 2.05) is 0 Å². The Hall–Kier alpha value is -1.12.